The fraction of sp³-hybridized carbons (Fsp3) is 0. The molecule has 0 amide bonds. The molecule has 0 fully saturated rings. The lowest BCUT2D eigenvalue weighted by atomic mass is 10.0. The van der Waals surface area contributed by atoms with Gasteiger partial charge in [-0.15, -0.1) is 22.7 Å². The fourth-order valence-electron chi connectivity index (χ4n) is 7.37. The van der Waals surface area contributed by atoms with Gasteiger partial charge in [-0.2, -0.15) is 0 Å². The summed E-state index contributed by atoms with van der Waals surface area (Å²) in [6.45, 7) is 0. The van der Waals surface area contributed by atoms with E-state index in [1.165, 1.54) is 46.8 Å². The molecular weight excluding hydrogens is 663 g/mol. The number of para-hydroxylation sites is 2. The molecule has 0 spiro atoms. The van der Waals surface area contributed by atoms with Crippen molar-refractivity contribution >= 4 is 85.0 Å². The maximum atomic E-state index is 6.43. The monoisotopic (exact) mass is 687 g/mol. The van der Waals surface area contributed by atoms with Crippen LogP contribution in [0.15, 0.2) is 156 Å². The Bertz CT molecular complexity index is 3160. The maximum absolute atomic E-state index is 6.43. The van der Waals surface area contributed by atoms with E-state index in [1.807, 2.05) is 65.9 Å². The Morgan fingerprint density at radius 1 is 0.373 bits per heavy atom. The van der Waals surface area contributed by atoms with Gasteiger partial charge >= 0.3 is 0 Å². The molecule has 0 radical (unpaired) electrons. The summed E-state index contributed by atoms with van der Waals surface area (Å²) < 4.78 is 11.5. The second-order valence-electron chi connectivity index (χ2n) is 12.7. The predicted molar refractivity (Wildman–Crippen MR) is 215 cm³/mol. The van der Waals surface area contributed by atoms with E-state index in [-0.39, 0.29) is 0 Å². The van der Waals surface area contributed by atoms with E-state index in [2.05, 4.69) is 97.1 Å². The standard InChI is InChI=1S/C45H25N3OS2/c1-2-11-26(12-3-1)43-46-44(35-19-9-16-32-29-13-4-6-21-37(29)49-40(32)35)48-45(47-43)36-20-10-18-34-31-24-23-27(25-39(31)51-42(34)36)28-15-8-17-33-30-14-5-7-22-38(30)50-41(28)33/h1-25H. The number of furan rings is 1. The molecule has 4 heterocycles. The van der Waals surface area contributed by atoms with E-state index >= 15 is 0 Å². The van der Waals surface area contributed by atoms with Gasteiger partial charge in [0.25, 0.3) is 0 Å². The summed E-state index contributed by atoms with van der Waals surface area (Å²) in [5.74, 6) is 1.85. The molecule has 238 valence electrons. The summed E-state index contributed by atoms with van der Waals surface area (Å²) in [4.78, 5) is 15.4. The molecule has 0 unspecified atom stereocenters. The third-order valence-electron chi connectivity index (χ3n) is 9.77. The van der Waals surface area contributed by atoms with Gasteiger partial charge in [-0.05, 0) is 41.5 Å². The first-order chi connectivity index (χ1) is 25.3. The van der Waals surface area contributed by atoms with Crippen molar-refractivity contribution in [1.82, 2.24) is 15.0 Å². The third kappa shape index (κ3) is 4.47. The molecule has 11 rings (SSSR count). The van der Waals surface area contributed by atoms with Crippen molar-refractivity contribution in [3.63, 3.8) is 0 Å². The summed E-state index contributed by atoms with van der Waals surface area (Å²) in [5, 5.41) is 7.17. The molecular formula is C45H25N3OS2. The lowest BCUT2D eigenvalue weighted by Crippen LogP contribution is -2.00. The lowest BCUT2D eigenvalue weighted by Gasteiger charge is -2.09. The van der Waals surface area contributed by atoms with Crippen LogP contribution >= 0.6 is 22.7 Å². The SMILES string of the molecule is c1ccc(-c2nc(-c3cccc4c3oc3ccccc34)nc(-c3cccc4c3sc3cc(-c5cccc6c5sc5ccccc56)ccc34)n2)cc1. The minimum Gasteiger partial charge on any atom is -0.455 e. The predicted octanol–water partition coefficient (Wildman–Crippen LogP) is 13.2. The van der Waals surface area contributed by atoms with Crippen LogP contribution < -0.4 is 0 Å². The Labute approximate surface area is 299 Å². The number of fused-ring (bicyclic) bond motifs is 9. The van der Waals surface area contributed by atoms with Crippen molar-refractivity contribution in [3.05, 3.63) is 152 Å². The van der Waals surface area contributed by atoms with Crippen LogP contribution in [0.2, 0.25) is 0 Å². The van der Waals surface area contributed by atoms with Crippen LogP contribution in [0.1, 0.15) is 0 Å². The molecule has 0 aliphatic heterocycles. The first-order valence-corrected chi connectivity index (χ1v) is 18.5. The van der Waals surface area contributed by atoms with Crippen molar-refractivity contribution in [2.75, 3.05) is 0 Å². The van der Waals surface area contributed by atoms with Crippen molar-refractivity contribution in [1.29, 1.82) is 0 Å². The minimum atomic E-state index is 0.584. The maximum Gasteiger partial charge on any atom is 0.167 e. The molecule has 0 aliphatic carbocycles. The Kier molecular flexibility index (Phi) is 6.26. The number of aromatic nitrogens is 3. The van der Waals surface area contributed by atoms with Crippen molar-refractivity contribution in [2.24, 2.45) is 0 Å². The molecule has 7 aromatic carbocycles. The molecule has 0 saturated carbocycles. The van der Waals surface area contributed by atoms with Gasteiger partial charge in [0.2, 0.25) is 0 Å². The number of thiophene rings is 2. The average Bonchev–Trinajstić information content (AvgIpc) is 3.89. The highest BCUT2D eigenvalue weighted by molar-refractivity contribution is 7.27. The van der Waals surface area contributed by atoms with Crippen LogP contribution in [0, 0.1) is 0 Å². The number of benzene rings is 7. The molecule has 4 nitrogen and oxygen atoms in total. The van der Waals surface area contributed by atoms with Gasteiger partial charge in [-0.1, -0.05) is 121 Å². The Morgan fingerprint density at radius 3 is 1.80 bits per heavy atom. The zero-order chi connectivity index (χ0) is 33.5. The Balaban J connectivity index is 1.11. The zero-order valence-electron chi connectivity index (χ0n) is 27.0. The van der Waals surface area contributed by atoms with E-state index < -0.39 is 0 Å². The highest BCUT2D eigenvalue weighted by Gasteiger charge is 2.20. The van der Waals surface area contributed by atoms with Crippen LogP contribution in [0.25, 0.3) is 108 Å². The second-order valence-corrected chi connectivity index (χ2v) is 14.8. The summed E-state index contributed by atoms with van der Waals surface area (Å²) in [6, 6.07) is 53.1. The van der Waals surface area contributed by atoms with Crippen LogP contribution in [0.3, 0.4) is 0 Å². The van der Waals surface area contributed by atoms with Gasteiger partial charge in [0.1, 0.15) is 11.2 Å². The largest absolute Gasteiger partial charge is 0.455 e. The second kappa shape index (κ2) is 11.2. The van der Waals surface area contributed by atoms with E-state index in [0.29, 0.717) is 17.5 Å². The van der Waals surface area contributed by atoms with Gasteiger partial charge in [0.15, 0.2) is 17.5 Å². The molecule has 51 heavy (non-hydrogen) atoms. The first kappa shape index (κ1) is 28.6. The minimum absolute atomic E-state index is 0.584. The van der Waals surface area contributed by atoms with Gasteiger partial charge in [0, 0.05) is 62.2 Å². The number of hydrogen-bond donors (Lipinski definition) is 0. The fourth-order valence-corrected chi connectivity index (χ4v) is 9.86. The van der Waals surface area contributed by atoms with Crippen LogP contribution in [-0.2, 0) is 0 Å². The van der Waals surface area contributed by atoms with E-state index in [0.717, 1.165) is 43.3 Å². The number of rotatable bonds is 4. The number of hydrogen-bond acceptors (Lipinski definition) is 6. The summed E-state index contributed by atoms with van der Waals surface area (Å²) in [5.41, 5.74) is 6.87. The molecule has 0 bridgehead atoms. The van der Waals surface area contributed by atoms with E-state index in [4.69, 9.17) is 19.4 Å². The summed E-state index contributed by atoms with van der Waals surface area (Å²) in [6.07, 6.45) is 0. The van der Waals surface area contributed by atoms with Gasteiger partial charge in [-0.3, -0.25) is 0 Å². The smallest absolute Gasteiger partial charge is 0.167 e. The summed E-state index contributed by atoms with van der Waals surface area (Å²) >= 11 is 3.66. The highest BCUT2D eigenvalue weighted by atomic mass is 32.1. The molecule has 0 saturated heterocycles. The highest BCUT2D eigenvalue weighted by Crippen LogP contribution is 2.44. The topological polar surface area (TPSA) is 51.8 Å². The van der Waals surface area contributed by atoms with Crippen molar-refractivity contribution in [2.45, 2.75) is 0 Å². The first-order valence-electron chi connectivity index (χ1n) is 16.9. The Morgan fingerprint density at radius 2 is 0.961 bits per heavy atom. The van der Waals surface area contributed by atoms with Crippen LogP contribution in [0.4, 0.5) is 0 Å². The van der Waals surface area contributed by atoms with Crippen molar-refractivity contribution < 1.29 is 4.42 Å². The molecule has 6 heteroatoms. The zero-order valence-corrected chi connectivity index (χ0v) is 28.6. The van der Waals surface area contributed by atoms with Gasteiger partial charge in [0.05, 0.1) is 5.56 Å². The van der Waals surface area contributed by atoms with Crippen LogP contribution in [-0.4, -0.2) is 15.0 Å². The molecule has 0 aliphatic rings. The molecule has 0 N–H and O–H groups in total. The molecule has 11 aromatic rings. The normalized spacial score (nSPS) is 11.9. The lowest BCUT2D eigenvalue weighted by molar-refractivity contribution is 0.669. The van der Waals surface area contributed by atoms with Crippen LogP contribution in [0.5, 0.6) is 0 Å². The van der Waals surface area contributed by atoms with Gasteiger partial charge in [-0.25, -0.2) is 15.0 Å². The van der Waals surface area contributed by atoms with E-state index in [1.54, 1.807) is 11.3 Å². The Hall–Kier alpha value is -6.21. The molecule has 0 atom stereocenters. The van der Waals surface area contributed by atoms with Gasteiger partial charge < -0.3 is 4.42 Å². The summed E-state index contributed by atoms with van der Waals surface area (Å²) in [7, 11) is 0. The third-order valence-corrected chi connectivity index (χ3v) is 12.2. The molecule has 4 aromatic heterocycles. The van der Waals surface area contributed by atoms with E-state index in [9.17, 15) is 0 Å². The van der Waals surface area contributed by atoms with Crippen molar-refractivity contribution in [3.8, 4) is 45.3 Å². The average molecular weight is 688 g/mol. The number of nitrogens with zero attached hydrogens (tertiary/aromatic N) is 3. The quantitative estimate of drug-likeness (QED) is 0.185.